The van der Waals surface area contributed by atoms with Crippen LogP contribution in [0.25, 0.3) is 0 Å². The van der Waals surface area contributed by atoms with Crippen molar-refractivity contribution in [1.82, 2.24) is 0 Å². The van der Waals surface area contributed by atoms with E-state index in [1.54, 1.807) is 0 Å². The maximum Gasteiger partial charge on any atom is 0.0868 e. The van der Waals surface area contributed by atoms with E-state index >= 15 is 0 Å². The van der Waals surface area contributed by atoms with Crippen LogP contribution in [0.2, 0.25) is 18.1 Å². The molecule has 0 saturated heterocycles. The van der Waals surface area contributed by atoms with Crippen LogP contribution in [0.1, 0.15) is 41.0 Å². The van der Waals surface area contributed by atoms with Gasteiger partial charge in [0.2, 0.25) is 0 Å². The van der Waals surface area contributed by atoms with Gasteiger partial charge in [0, 0.05) is 5.73 Å². The zero-order valence-electron chi connectivity index (χ0n) is 11.2. The van der Waals surface area contributed by atoms with Crippen LogP contribution < -0.4 is 0 Å². The van der Waals surface area contributed by atoms with Gasteiger partial charge >= 0.3 is 0 Å². The summed E-state index contributed by atoms with van der Waals surface area (Å²) in [6.45, 7) is 16.0. The maximum atomic E-state index is 6.05. The molecule has 1 atom stereocenters. The summed E-state index contributed by atoms with van der Waals surface area (Å²) in [5.41, 5.74) is 1.66. The third-order valence-electron chi connectivity index (χ3n) is 3.70. The molecule has 2 heteroatoms. The maximum absolute atomic E-state index is 6.05. The first kappa shape index (κ1) is 14.9. The number of rotatable bonds is 8. The summed E-state index contributed by atoms with van der Waals surface area (Å²) in [4.78, 5) is 0. The molecule has 15 heavy (non-hydrogen) atoms. The lowest BCUT2D eigenvalue weighted by atomic mass is 10.4. The number of ether oxygens (including phenoxy) is 1. The van der Waals surface area contributed by atoms with Crippen LogP contribution in [0.3, 0.4) is 0 Å². The molecule has 0 saturated carbocycles. The molecule has 0 fully saturated rings. The Labute approximate surface area is 96.9 Å². The number of hydrogen-bond donors (Lipinski definition) is 0. The molecule has 0 spiro atoms. The van der Waals surface area contributed by atoms with Gasteiger partial charge in [0.05, 0.1) is 14.7 Å². The minimum absolute atomic E-state index is 0.522. The van der Waals surface area contributed by atoms with E-state index < -0.39 is 8.07 Å². The molecule has 0 heterocycles. The predicted molar refractivity (Wildman–Crippen MR) is 72.0 cm³/mol. The Hall–Kier alpha value is -0.0831. The van der Waals surface area contributed by atoms with Crippen molar-refractivity contribution in [3.8, 4) is 0 Å². The van der Waals surface area contributed by atoms with Crippen molar-refractivity contribution in [2.45, 2.75) is 64.9 Å². The van der Waals surface area contributed by atoms with Crippen molar-refractivity contribution < 1.29 is 4.74 Å². The van der Waals surface area contributed by atoms with Gasteiger partial charge in [0.15, 0.2) is 0 Å². The Balaban J connectivity index is 4.51. The van der Waals surface area contributed by atoms with E-state index in [1.165, 1.54) is 18.1 Å². The summed E-state index contributed by atoms with van der Waals surface area (Å²) in [6, 6.07) is 4.03. The topological polar surface area (TPSA) is 9.23 Å². The Morgan fingerprint density at radius 2 is 1.60 bits per heavy atom. The Bertz CT molecular complexity index is 177. The first-order chi connectivity index (χ1) is 7.06. The molecule has 0 N–H and O–H groups in total. The lowest BCUT2D eigenvalue weighted by Crippen LogP contribution is -2.47. The smallest absolute Gasteiger partial charge is 0.0868 e. The molecule has 0 aromatic rings. The molecular weight excluding hydrogens is 200 g/mol. The van der Waals surface area contributed by atoms with E-state index in [0.29, 0.717) is 5.73 Å². The summed E-state index contributed by atoms with van der Waals surface area (Å²) >= 11 is 0. The van der Waals surface area contributed by atoms with Gasteiger partial charge in [-0.1, -0.05) is 58.0 Å². The van der Waals surface area contributed by atoms with E-state index in [4.69, 9.17) is 4.74 Å². The molecule has 0 aromatic heterocycles. The number of hydrogen-bond acceptors (Lipinski definition) is 1. The molecule has 0 amide bonds. The molecule has 0 aliphatic heterocycles. The van der Waals surface area contributed by atoms with Gasteiger partial charge in [-0.05, 0) is 13.3 Å². The van der Waals surface area contributed by atoms with Crippen molar-refractivity contribution >= 4 is 8.07 Å². The zero-order chi connectivity index (χ0) is 11.9. The average molecular weight is 228 g/mol. The van der Waals surface area contributed by atoms with Gasteiger partial charge < -0.3 is 4.74 Å². The Kier molecular flexibility index (Phi) is 7.19. The summed E-state index contributed by atoms with van der Waals surface area (Å²) in [5, 5.41) is 0. The third kappa shape index (κ3) is 4.11. The zero-order valence-corrected chi connectivity index (χ0v) is 12.2. The highest BCUT2D eigenvalue weighted by atomic mass is 28.3. The van der Waals surface area contributed by atoms with Crippen LogP contribution in [0.15, 0.2) is 12.2 Å². The van der Waals surface area contributed by atoms with Gasteiger partial charge in [0.25, 0.3) is 0 Å². The molecule has 0 aliphatic carbocycles. The lowest BCUT2D eigenvalue weighted by molar-refractivity contribution is 0.115. The fraction of sp³-hybridized carbons (Fsp3) is 0.846. The summed E-state index contributed by atoms with van der Waals surface area (Å²) in [6.07, 6.45) is 1.16. The van der Waals surface area contributed by atoms with Crippen molar-refractivity contribution in [1.29, 1.82) is 0 Å². The van der Waals surface area contributed by atoms with E-state index in [-0.39, 0.29) is 0 Å². The van der Waals surface area contributed by atoms with Crippen LogP contribution in [0.4, 0.5) is 0 Å². The van der Waals surface area contributed by atoms with Crippen molar-refractivity contribution in [2.24, 2.45) is 0 Å². The highest BCUT2D eigenvalue weighted by Crippen LogP contribution is 2.28. The Morgan fingerprint density at radius 1 is 1.13 bits per heavy atom. The molecule has 0 aromatic carbocycles. The second kappa shape index (κ2) is 7.23. The fourth-order valence-electron chi connectivity index (χ4n) is 2.40. The molecule has 0 aliphatic rings. The molecule has 90 valence electrons. The highest BCUT2D eigenvalue weighted by Gasteiger charge is 2.35. The lowest BCUT2D eigenvalue weighted by Gasteiger charge is -2.36. The second-order valence-electron chi connectivity index (χ2n) is 4.59. The first-order valence-corrected chi connectivity index (χ1v) is 9.02. The third-order valence-corrected chi connectivity index (χ3v) is 9.86. The fourth-order valence-corrected chi connectivity index (χ4v) is 6.57. The largest absolute Gasteiger partial charge is 0.377 e. The van der Waals surface area contributed by atoms with Crippen LogP contribution >= 0.6 is 0 Å². The van der Waals surface area contributed by atoms with Crippen molar-refractivity contribution in [2.75, 3.05) is 6.61 Å². The summed E-state index contributed by atoms with van der Waals surface area (Å²) in [7, 11) is -1.18. The predicted octanol–water partition coefficient (Wildman–Crippen LogP) is 4.41. The van der Waals surface area contributed by atoms with Gasteiger partial charge in [-0.3, -0.25) is 0 Å². The van der Waals surface area contributed by atoms with Crippen molar-refractivity contribution in [3.63, 3.8) is 0 Å². The minimum atomic E-state index is -1.18. The van der Waals surface area contributed by atoms with Crippen LogP contribution in [0, 0.1) is 0 Å². The van der Waals surface area contributed by atoms with Crippen LogP contribution in [-0.4, -0.2) is 20.4 Å². The molecule has 0 radical (unpaired) electrons. The molecular formula is C13H28OSi. The minimum Gasteiger partial charge on any atom is -0.377 e. The van der Waals surface area contributed by atoms with Gasteiger partial charge in [-0.2, -0.15) is 0 Å². The highest BCUT2D eigenvalue weighted by molar-refractivity contribution is 6.80. The van der Waals surface area contributed by atoms with Crippen LogP contribution in [-0.2, 0) is 4.74 Å². The normalized spacial score (nSPS) is 13.9. The molecule has 1 unspecified atom stereocenters. The van der Waals surface area contributed by atoms with E-state index in [0.717, 1.165) is 18.6 Å². The summed E-state index contributed by atoms with van der Waals surface area (Å²) < 4.78 is 6.05. The SMILES string of the molecule is C=C(C)COC(CC)[Si](CC)(CC)CC. The monoisotopic (exact) mass is 228 g/mol. The molecule has 0 rings (SSSR count). The van der Waals surface area contributed by atoms with Gasteiger partial charge in [-0.15, -0.1) is 0 Å². The van der Waals surface area contributed by atoms with Crippen molar-refractivity contribution in [3.05, 3.63) is 12.2 Å². The van der Waals surface area contributed by atoms with E-state index in [9.17, 15) is 0 Å². The average Bonchev–Trinajstić information content (AvgIpc) is 2.24. The standard InChI is InChI=1S/C13H28OSi/c1-7-13(14-11-12(5)6)15(8-2,9-3)10-4/h13H,5,7-11H2,1-4,6H3. The first-order valence-electron chi connectivity index (χ1n) is 6.32. The second-order valence-corrected chi connectivity index (χ2v) is 10.1. The summed E-state index contributed by atoms with van der Waals surface area (Å²) in [5.74, 6) is 0. The molecule has 0 bridgehead atoms. The van der Waals surface area contributed by atoms with E-state index in [1.807, 2.05) is 6.92 Å². The Morgan fingerprint density at radius 3 is 1.87 bits per heavy atom. The van der Waals surface area contributed by atoms with Crippen LogP contribution in [0.5, 0.6) is 0 Å². The van der Waals surface area contributed by atoms with Gasteiger partial charge in [0.1, 0.15) is 0 Å². The van der Waals surface area contributed by atoms with E-state index in [2.05, 4.69) is 34.3 Å². The van der Waals surface area contributed by atoms with Gasteiger partial charge in [-0.25, -0.2) is 0 Å². The molecule has 1 nitrogen and oxygen atoms in total. The quantitative estimate of drug-likeness (QED) is 0.442.